The third kappa shape index (κ3) is 5.88. The van der Waals surface area contributed by atoms with E-state index >= 15 is 0 Å². The number of halogens is 2. The van der Waals surface area contributed by atoms with Crippen LogP contribution in [0.1, 0.15) is 36.5 Å². The quantitative estimate of drug-likeness (QED) is 0.268. The van der Waals surface area contributed by atoms with Gasteiger partial charge in [0.05, 0.1) is 36.8 Å². The van der Waals surface area contributed by atoms with E-state index in [9.17, 15) is 4.39 Å². The Morgan fingerprint density at radius 1 is 1.10 bits per heavy atom. The fourth-order valence-corrected chi connectivity index (χ4v) is 5.22. The summed E-state index contributed by atoms with van der Waals surface area (Å²) in [6.45, 7) is 11.0. The van der Waals surface area contributed by atoms with Gasteiger partial charge in [0.25, 0.3) is 0 Å². The van der Waals surface area contributed by atoms with Crippen molar-refractivity contribution in [3.8, 4) is 5.88 Å². The Balaban J connectivity index is 1.09. The fourth-order valence-electron chi connectivity index (χ4n) is 5.10. The predicted octanol–water partition coefficient (Wildman–Crippen LogP) is 5.59. The number of imidazole rings is 1. The molecule has 200 valence electrons. The van der Waals surface area contributed by atoms with E-state index in [1.807, 2.05) is 24.3 Å². The molecule has 10 heteroatoms. The SMILES string of the molecule is [C-]#[N+]c1cc2nc(CN3CCC(Oc4ccnc(Cc5ccc(Cl)cc5)n4)CC3)n(C[C@@H]3CCO3)c2cc1F. The Labute approximate surface area is 231 Å². The van der Waals surface area contributed by atoms with Crippen molar-refractivity contribution in [3.63, 3.8) is 0 Å². The van der Waals surface area contributed by atoms with Gasteiger partial charge in [-0.3, -0.25) is 4.90 Å². The molecule has 0 saturated carbocycles. The molecule has 0 amide bonds. The maximum absolute atomic E-state index is 14.4. The van der Waals surface area contributed by atoms with Crippen LogP contribution in [0.5, 0.6) is 5.88 Å². The summed E-state index contributed by atoms with van der Waals surface area (Å²) >= 11 is 5.99. The molecule has 0 unspecified atom stereocenters. The van der Waals surface area contributed by atoms with Crippen molar-refractivity contribution >= 4 is 28.3 Å². The van der Waals surface area contributed by atoms with E-state index < -0.39 is 5.82 Å². The lowest BCUT2D eigenvalue weighted by atomic mass is 10.1. The molecule has 39 heavy (non-hydrogen) atoms. The molecule has 2 aromatic carbocycles. The van der Waals surface area contributed by atoms with Gasteiger partial charge >= 0.3 is 0 Å². The number of ether oxygens (including phenoxy) is 2. The lowest BCUT2D eigenvalue weighted by molar-refractivity contribution is -0.0592. The maximum Gasteiger partial charge on any atom is 0.224 e. The zero-order valence-electron chi connectivity index (χ0n) is 21.4. The third-order valence-corrected chi connectivity index (χ3v) is 7.59. The van der Waals surface area contributed by atoms with Crippen LogP contribution in [0, 0.1) is 12.4 Å². The van der Waals surface area contributed by atoms with Crippen molar-refractivity contribution in [3.05, 3.63) is 88.1 Å². The molecule has 2 aromatic heterocycles. The molecule has 4 aromatic rings. The van der Waals surface area contributed by atoms with Crippen molar-refractivity contribution in [1.82, 2.24) is 24.4 Å². The van der Waals surface area contributed by atoms with E-state index in [2.05, 4.69) is 24.3 Å². The predicted molar refractivity (Wildman–Crippen MR) is 146 cm³/mol. The lowest BCUT2D eigenvalue weighted by Crippen LogP contribution is -2.39. The Morgan fingerprint density at radius 3 is 2.62 bits per heavy atom. The molecule has 2 saturated heterocycles. The molecule has 8 nitrogen and oxygen atoms in total. The molecule has 0 radical (unpaired) electrons. The van der Waals surface area contributed by atoms with E-state index in [1.165, 1.54) is 6.07 Å². The Kier molecular flexibility index (Phi) is 7.42. The maximum atomic E-state index is 14.4. The van der Waals surface area contributed by atoms with Gasteiger partial charge in [0.1, 0.15) is 23.6 Å². The second-order valence-electron chi connectivity index (χ2n) is 10.0. The van der Waals surface area contributed by atoms with Crippen molar-refractivity contribution in [2.45, 2.75) is 51.0 Å². The normalized spacial score (nSPS) is 18.1. The Bertz CT molecular complexity index is 1510. The summed E-state index contributed by atoms with van der Waals surface area (Å²) in [4.78, 5) is 19.5. The first-order chi connectivity index (χ1) is 19.0. The number of hydrogen-bond donors (Lipinski definition) is 0. The van der Waals surface area contributed by atoms with Crippen molar-refractivity contribution < 1.29 is 13.9 Å². The topological polar surface area (TPSA) is 69.7 Å². The minimum absolute atomic E-state index is 0.00222. The molecular formula is C29H28ClFN6O2. The van der Waals surface area contributed by atoms with E-state index in [-0.39, 0.29) is 17.9 Å². The summed E-state index contributed by atoms with van der Waals surface area (Å²) < 4.78 is 28.4. The van der Waals surface area contributed by atoms with Crippen LogP contribution in [0.2, 0.25) is 5.02 Å². The molecule has 0 N–H and O–H groups in total. The highest BCUT2D eigenvalue weighted by atomic mass is 35.5. The molecule has 2 aliphatic heterocycles. The fraction of sp³-hybridized carbons (Fsp3) is 0.379. The first-order valence-electron chi connectivity index (χ1n) is 13.2. The minimum Gasteiger partial charge on any atom is -0.474 e. The largest absolute Gasteiger partial charge is 0.474 e. The second-order valence-corrected chi connectivity index (χ2v) is 10.5. The van der Waals surface area contributed by atoms with Gasteiger partial charge in [-0.2, -0.15) is 4.98 Å². The zero-order chi connectivity index (χ0) is 26.8. The van der Waals surface area contributed by atoms with E-state index in [0.29, 0.717) is 47.3 Å². The molecule has 0 bridgehead atoms. The van der Waals surface area contributed by atoms with Gasteiger partial charge in [0.2, 0.25) is 11.6 Å². The molecule has 4 heterocycles. The highest BCUT2D eigenvalue weighted by Crippen LogP contribution is 2.29. The smallest absolute Gasteiger partial charge is 0.224 e. The van der Waals surface area contributed by atoms with Crippen LogP contribution in [0.3, 0.4) is 0 Å². The van der Waals surface area contributed by atoms with Crippen LogP contribution in [-0.4, -0.2) is 56.3 Å². The Hall–Kier alpha value is -3.58. The van der Waals surface area contributed by atoms with Gasteiger partial charge in [-0.05, 0) is 49.1 Å². The molecule has 0 spiro atoms. The van der Waals surface area contributed by atoms with Crippen LogP contribution in [0.4, 0.5) is 10.1 Å². The summed E-state index contributed by atoms with van der Waals surface area (Å²) in [5.74, 6) is 1.65. The summed E-state index contributed by atoms with van der Waals surface area (Å²) in [7, 11) is 0. The second kappa shape index (κ2) is 11.3. The third-order valence-electron chi connectivity index (χ3n) is 7.34. The van der Waals surface area contributed by atoms with E-state index in [4.69, 9.17) is 32.6 Å². The average Bonchev–Trinajstić information content (AvgIpc) is 3.23. The number of piperidine rings is 1. The van der Waals surface area contributed by atoms with Gasteiger partial charge in [-0.1, -0.05) is 23.7 Å². The first kappa shape index (κ1) is 25.7. The van der Waals surface area contributed by atoms with Crippen molar-refractivity contribution in [2.75, 3.05) is 19.7 Å². The van der Waals surface area contributed by atoms with Gasteiger partial charge in [-0.25, -0.2) is 19.2 Å². The molecule has 2 fully saturated rings. The van der Waals surface area contributed by atoms with Gasteiger partial charge in [0, 0.05) is 43.4 Å². The number of nitrogens with zero attached hydrogens (tertiary/aromatic N) is 6. The number of benzene rings is 2. The van der Waals surface area contributed by atoms with E-state index in [0.717, 1.165) is 50.3 Å². The first-order valence-corrected chi connectivity index (χ1v) is 13.5. The van der Waals surface area contributed by atoms with Crippen molar-refractivity contribution in [1.29, 1.82) is 0 Å². The minimum atomic E-state index is -0.515. The van der Waals surface area contributed by atoms with Gasteiger partial charge in [0.15, 0.2) is 0 Å². The monoisotopic (exact) mass is 546 g/mol. The molecule has 1 atom stereocenters. The van der Waals surface area contributed by atoms with Crippen LogP contribution >= 0.6 is 11.6 Å². The Morgan fingerprint density at radius 2 is 1.90 bits per heavy atom. The summed E-state index contributed by atoms with van der Waals surface area (Å²) in [6.07, 6.45) is 5.23. The number of hydrogen-bond acceptors (Lipinski definition) is 6. The van der Waals surface area contributed by atoms with Crippen LogP contribution in [0.15, 0.2) is 48.7 Å². The number of aromatic nitrogens is 4. The molecular weight excluding hydrogens is 519 g/mol. The molecule has 6 rings (SSSR count). The van der Waals surface area contributed by atoms with E-state index in [1.54, 1.807) is 18.3 Å². The average molecular weight is 547 g/mol. The van der Waals surface area contributed by atoms with Gasteiger partial charge < -0.3 is 14.0 Å². The lowest BCUT2D eigenvalue weighted by Gasteiger charge is -2.32. The van der Waals surface area contributed by atoms with Crippen LogP contribution in [-0.2, 0) is 24.2 Å². The summed E-state index contributed by atoms with van der Waals surface area (Å²) in [5, 5.41) is 0.704. The molecule has 2 aliphatic rings. The van der Waals surface area contributed by atoms with Crippen LogP contribution < -0.4 is 4.74 Å². The number of likely N-dealkylation sites (tertiary alicyclic amines) is 1. The molecule has 0 aliphatic carbocycles. The zero-order valence-corrected chi connectivity index (χ0v) is 22.1. The summed E-state index contributed by atoms with van der Waals surface area (Å²) in [6, 6.07) is 12.5. The highest BCUT2D eigenvalue weighted by molar-refractivity contribution is 6.30. The van der Waals surface area contributed by atoms with Crippen molar-refractivity contribution in [2.24, 2.45) is 0 Å². The van der Waals surface area contributed by atoms with Gasteiger partial charge in [-0.15, -0.1) is 0 Å². The summed E-state index contributed by atoms with van der Waals surface area (Å²) in [5.41, 5.74) is 2.44. The number of rotatable bonds is 8. The van der Waals surface area contributed by atoms with Crippen LogP contribution in [0.25, 0.3) is 15.9 Å². The standard InChI is InChI=1S/C29H28ClFN6O2/c1-32-24-16-25-26(15-23(24)31)37(17-22-9-13-38-22)28(34-25)18-36-11-7-21(8-12-36)39-29-6-10-33-27(35-29)14-19-2-4-20(30)5-3-19/h2-6,10,15-16,21-22H,7-9,11-14,17-18H2/t22-/m0/s1. The number of fused-ring (bicyclic) bond motifs is 1. The highest BCUT2D eigenvalue weighted by Gasteiger charge is 2.26.